The van der Waals surface area contributed by atoms with E-state index in [9.17, 15) is 9.59 Å². The zero-order valence-electron chi connectivity index (χ0n) is 11.0. The van der Waals surface area contributed by atoms with Crippen molar-refractivity contribution in [3.05, 3.63) is 30.3 Å². The van der Waals surface area contributed by atoms with Crippen LogP contribution in [0.3, 0.4) is 0 Å². The van der Waals surface area contributed by atoms with Gasteiger partial charge in [0.15, 0.2) is 0 Å². The minimum atomic E-state index is -0.284. The predicted octanol–water partition coefficient (Wildman–Crippen LogP) is 0.802. The Balaban J connectivity index is 1.76. The fraction of sp³-hybridized carbons (Fsp3) is 0.429. The molecule has 0 aliphatic carbocycles. The van der Waals surface area contributed by atoms with Crippen LogP contribution < -0.4 is 10.1 Å². The average molecular weight is 262 g/mol. The number of nitrogens with zero attached hydrogens (tertiary/aromatic N) is 1. The van der Waals surface area contributed by atoms with Gasteiger partial charge in [0.1, 0.15) is 5.75 Å². The van der Waals surface area contributed by atoms with Gasteiger partial charge in [-0.05, 0) is 25.5 Å². The molecule has 0 saturated carbocycles. The number of benzene rings is 1. The number of rotatable bonds is 5. The van der Waals surface area contributed by atoms with Crippen molar-refractivity contribution in [2.45, 2.75) is 19.4 Å². The van der Waals surface area contributed by atoms with Gasteiger partial charge < -0.3 is 4.74 Å². The maximum atomic E-state index is 11.8. The Labute approximate surface area is 112 Å². The van der Waals surface area contributed by atoms with Crippen LogP contribution in [0.4, 0.5) is 0 Å². The Morgan fingerprint density at radius 1 is 1.32 bits per heavy atom. The van der Waals surface area contributed by atoms with Crippen LogP contribution in [-0.2, 0) is 9.59 Å². The van der Waals surface area contributed by atoms with Crippen molar-refractivity contribution in [2.75, 3.05) is 19.7 Å². The monoisotopic (exact) mass is 262 g/mol. The van der Waals surface area contributed by atoms with E-state index in [0.717, 1.165) is 5.75 Å². The molecule has 5 nitrogen and oxygen atoms in total. The lowest BCUT2D eigenvalue weighted by molar-refractivity contribution is -0.149. The van der Waals surface area contributed by atoms with Gasteiger partial charge in [0, 0.05) is 6.54 Å². The molecule has 1 aromatic rings. The van der Waals surface area contributed by atoms with E-state index in [4.69, 9.17) is 4.74 Å². The normalized spacial score (nSPS) is 19.6. The number of hydrogen-bond acceptors (Lipinski definition) is 4. The van der Waals surface area contributed by atoms with Gasteiger partial charge in [-0.1, -0.05) is 18.2 Å². The van der Waals surface area contributed by atoms with Crippen LogP contribution in [0.5, 0.6) is 5.75 Å². The Hall–Kier alpha value is -1.88. The molecule has 0 bridgehead atoms. The molecule has 1 N–H and O–H groups in total. The van der Waals surface area contributed by atoms with E-state index in [1.165, 1.54) is 4.90 Å². The van der Waals surface area contributed by atoms with Gasteiger partial charge >= 0.3 is 0 Å². The summed E-state index contributed by atoms with van der Waals surface area (Å²) in [6, 6.07) is 9.20. The first-order valence-corrected chi connectivity index (χ1v) is 6.44. The summed E-state index contributed by atoms with van der Waals surface area (Å²) in [6.45, 7) is 2.90. The highest BCUT2D eigenvalue weighted by Crippen LogP contribution is 2.09. The SMILES string of the molecule is CC1NCC(=O)N(CCCOc2ccccc2)C1=O. The Kier molecular flexibility index (Phi) is 4.52. The summed E-state index contributed by atoms with van der Waals surface area (Å²) in [5, 5.41) is 2.86. The summed E-state index contributed by atoms with van der Waals surface area (Å²) in [6.07, 6.45) is 0.638. The maximum absolute atomic E-state index is 11.8. The van der Waals surface area contributed by atoms with Crippen molar-refractivity contribution < 1.29 is 14.3 Å². The standard InChI is InChI=1S/C14H18N2O3/c1-11-14(18)16(13(17)10-15-11)8-5-9-19-12-6-3-2-4-7-12/h2-4,6-7,11,15H,5,8-10H2,1H3. The fourth-order valence-corrected chi connectivity index (χ4v) is 1.94. The highest BCUT2D eigenvalue weighted by atomic mass is 16.5. The van der Waals surface area contributed by atoms with Crippen LogP contribution in [-0.4, -0.2) is 42.5 Å². The van der Waals surface area contributed by atoms with Crippen LogP contribution in [0.1, 0.15) is 13.3 Å². The van der Waals surface area contributed by atoms with E-state index in [1.54, 1.807) is 6.92 Å². The van der Waals surface area contributed by atoms with Crippen LogP contribution in [0.15, 0.2) is 30.3 Å². The summed E-state index contributed by atoms with van der Waals surface area (Å²) < 4.78 is 5.53. The van der Waals surface area contributed by atoms with Gasteiger partial charge in [-0.3, -0.25) is 19.8 Å². The Bertz CT molecular complexity index is 447. The number of carbonyl (C=O) groups excluding carboxylic acids is 2. The second-order valence-electron chi connectivity index (χ2n) is 4.50. The molecule has 1 heterocycles. The van der Waals surface area contributed by atoms with Crippen molar-refractivity contribution in [1.82, 2.24) is 10.2 Å². The van der Waals surface area contributed by atoms with Crippen molar-refractivity contribution in [2.24, 2.45) is 0 Å². The lowest BCUT2D eigenvalue weighted by Crippen LogP contribution is -2.57. The molecule has 1 fully saturated rings. The molecule has 0 aromatic heterocycles. The number of ether oxygens (including phenoxy) is 1. The Morgan fingerprint density at radius 2 is 2.05 bits per heavy atom. The number of imide groups is 1. The summed E-state index contributed by atoms with van der Waals surface area (Å²) in [5.41, 5.74) is 0. The minimum absolute atomic E-state index is 0.157. The molecule has 0 spiro atoms. The second-order valence-corrected chi connectivity index (χ2v) is 4.50. The number of carbonyl (C=O) groups is 2. The number of amides is 2. The molecule has 1 aliphatic rings. The topological polar surface area (TPSA) is 58.6 Å². The first-order chi connectivity index (χ1) is 9.18. The average Bonchev–Trinajstić information content (AvgIpc) is 2.43. The molecule has 102 valence electrons. The van der Waals surface area contributed by atoms with Crippen molar-refractivity contribution in [3.8, 4) is 5.75 Å². The summed E-state index contributed by atoms with van der Waals surface area (Å²) in [5.74, 6) is 0.479. The van der Waals surface area contributed by atoms with E-state index in [2.05, 4.69) is 5.32 Å². The maximum Gasteiger partial charge on any atom is 0.246 e. The van der Waals surface area contributed by atoms with Crippen molar-refractivity contribution in [3.63, 3.8) is 0 Å². The highest BCUT2D eigenvalue weighted by molar-refractivity contribution is 6.00. The molecule has 1 aliphatic heterocycles. The number of hydrogen-bond donors (Lipinski definition) is 1. The number of para-hydroxylation sites is 1. The lowest BCUT2D eigenvalue weighted by Gasteiger charge is -2.29. The molecule has 2 rings (SSSR count). The van der Waals surface area contributed by atoms with Gasteiger partial charge in [0.2, 0.25) is 11.8 Å². The number of piperazine rings is 1. The molecular formula is C14H18N2O3. The first-order valence-electron chi connectivity index (χ1n) is 6.44. The molecule has 1 saturated heterocycles. The molecule has 1 atom stereocenters. The largest absolute Gasteiger partial charge is 0.494 e. The smallest absolute Gasteiger partial charge is 0.246 e. The third kappa shape index (κ3) is 3.54. The van der Waals surface area contributed by atoms with Gasteiger partial charge in [0.05, 0.1) is 19.2 Å². The van der Waals surface area contributed by atoms with Gasteiger partial charge in [0.25, 0.3) is 0 Å². The summed E-state index contributed by atoms with van der Waals surface area (Å²) in [7, 11) is 0. The molecular weight excluding hydrogens is 244 g/mol. The first kappa shape index (κ1) is 13.5. The molecule has 19 heavy (non-hydrogen) atoms. The third-order valence-corrected chi connectivity index (χ3v) is 3.03. The van der Waals surface area contributed by atoms with Crippen LogP contribution in [0, 0.1) is 0 Å². The van der Waals surface area contributed by atoms with E-state index < -0.39 is 0 Å². The van der Waals surface area contributed by atoms with E-state index in [0.29, 0.717) is 19.6 Å². The van der Waals surface area contributed by atoms with E-state index in [1.807, 2.05) is 30.3 Å². The van der Waals surface area contributed by atoms with Gasteiger partial charge in [-0.2, -0.15) is 0 Å². The lowest BCUT2D eigenvalue weighted by atomic mass is 10.2. The summed E-state index contributed by atoms with van der Waals surface area (Å²) >= 11 is 0. The third-order valence-electron chi connectivity index (χ3n) is 3.03. The quantitative estimate of drug-likeness (QED) is 0.630. The fourth-order valence-electron chi connectivity index (χ4n) is 1.94. The molecule has 0 radical (unpaired) electrons. The highest BCUT2D eigenvalue weighted by Gasteiger charge is 2.30. The Morgan fingerprint density at radius 3 is 2.79 bits per heavy atom. The second kappa shape index (κ2) is 6.33. The molecule has 2 amide bonds. The van der Waals surface area contributed by atoms with Crippen molar-refractivity contribution >= 4 is 11.8 Å². The zero-order valence-corrected chi connectivity index (χ0v) is 11.0. The van der Waals surface area contributed by atoms with E-state index in [-0.39, 0.29) is 24.4 Å². The van der Waals surface area contributed by atoms with Crippen molar-refractivity contribution in [1.29, 1.82) is 0 Å². The summed E-state index contributed by atoms with van der Waals surface area (Å²) in [4.78, 5) is 24.7. The minimum Gasteiger partial charge on any atom is -0.494 e. The van der Waals surface area contributed by atoms with E-state index >= 15 is 0 Å². The van der Waals surface area contributed by atoms with Crippen LogP contribution in [0.2, 0.25) is 0 Å². The molecule has 5 heteroatoms. The molecule has 1 unspecified atom stereocenters. The number of nitrogens with one attached hydrogen (secondary N) is 1. The van der Waals surface area contributed by atoms with Crippen LogP contribution >= 0.6 is 0 Å². The zero-order chi connectivity index (χ0) is 13.7. The van der Waals surface area contributed by atoms with Gasteiger partial charge in [-0.25, -0.2) is 0 Å². The molecule has 1 aromatic carbocycles. The predicted molar refractivity (Wildman–Crippen MR) is 70.7 cm³/mol. The van der Waals surface area contributed by atoms with Crippen LogP contribution in [0.25, 0.3) is 0 Å². The van der Waals surface area contributed by atoms with Gasteiger partial charge in [-0.15, -0.1) is 0 Å².